The molecule has 2 aromatic heterocycles. The van der Waals surface area contributed by atoms with Crippen LogP contribution in [0.15, 0.2) is 24.3 Å². The Labute approximate surface area is 141 Å². The fraction of sp³-hybridized carbons (Fsp3) is 0.421. The molecule has 124 valence electrons. The van der Waals surface area contributed by atoms with Crippen molar-refractivity contribution < 1.29 is 4.79 Å². The fourth-order valence-corrected chi connectivity index (χ4v) is 3.87. The van der Waals surface area contributed by atoms with Crippen molar-refractivity contribution in [3.05, 3.63) is 35.5 Å². The molecule has 24 heavy (non-hydrogen) atoms. The molecule has 0 bridgehead atoms. The third kappa shape index (κ3) is 2.19. The maximum atomic E-state index is 11.5. The van der Waals surface area contributed by atoms with Gasteiger partial charge in [-0.05, 0) is 44.7 Å². The predicted octanol–water partition coefficient (Wildman–Crippen LogP) is 3.77. The minimum Gasteiger partial charge on any atom is -0.353 e. The number of nitrogens with zero attached hydrogens (tertiary/aromatic N) is 4. The number of piperidine rings is 1. The van der Waals surface area contributed by atoms with Gasteiger partial charge in [0.05, 0.1) is 16.8 Å². The van der Waals surface area contributed by atoms with E-state index in [9.17, 15) is 4.79 Å². The summed E-state index contributed by atoms with van der Waals surface area (Å²) in [5.41, 5.74) is 2.99. The van der Waals surface area contributed by atoms with Crippen LogP contribution in [0.4, 0.5) is 5.82 Å². The standard InChI is InChI=1S/C19H22N4O/c1-3-14-8-6-7-11-22(14)18-15-9-4-5-10-17(15)23-19(20-18)16(12-24)13(2)21-23/h4-5,9-10,12,14H,3,6-8,11H2,1-2H3/t14-/m1/s1. The second kappa shape index (κ2) is 5.89. The molecule has 3 aromatic rings. The van der Waals surface area contributed by atoms with E-state index in [1.54, 1.807) is 0 Å². The Morgan fingerprint density at radius 3 is 2.92 bits per heavy atom. The molecule has 1 aliphatic rings. The molecule has 1 atom stereocenters. The van der Waals surface area contributed by atoms with Gasteiger partial charge in [-0.25, -0.2) is 9.50 Å². The number of anilines is 1. The van der Waals surface area contributed by atoms with Crippen LogP contribution in [0.25, 0.3) is 16.6 Å². The monoisotopic (exact) mass is 322 g/mol. The average molecular weight is 322 g/mol. The van der Waals surface area contributed by atoms with Crippen LogP contribution in [-0.4, -0.2) is 33.5 Å². The lowest BCUT2D eigenvalue weighted by atomic mass is 9.99. The van der Waals surface area contributed by atoms with Crippen molar-refractivity contribution in [3.8, 4) is 0 Å². The van der Waals surface area contributed by atoms with Crippen LogP contribution in [0.1, 0.15) is 48.7 Å². The molecule has 1 saturated heterocycles. The minimum atomic E-state index is 0.515. The van der Waals surface area contributed by atoms with Gasteiger partial charge in [0, 0.05) is 18.0 Å². The van der Waals surface area contributed by atoms with Crippen LogP contribution in [-0.2, 0) is 0 Å². The third-order valence-electron chi connectivity index (χ3n) is 5.15. The number of benzene rings is 1. The van der Waals surface area contributed by atoms with E-state index in [1.807, 2.05) is 23.6 Å². The topological polar surface area (TPSA) is 50.5 Å². The molecular weight excluding hydrogens is 300 g/mol. The summed E-state index contributed by atoms with van der Waals surface area (Å²) in [6.07, 6.45) is 5.66. The Balaban J connectivity index is 2.04. The molecule has 1 fully saturated rings. The van der Waals surface area contributed by atoms with Gasteiger partial charge in [-0.2, -0.15) is 5.10 Å². The van der Waals surface area contributed by atoms with Crippen molar-refractivity contribution in [3.63, 3.8) is 0 Å². The van der Waals surface area contributed by atoms with Gasteiger partial charge >= 0.3 is 0 Å². The molecule has 5 heteroatoms. The summed E-state index contributed by atoms with van der Waals surface area (Å²) in [7, 11) is 0. The zero-order valence-electron chi connectivity index (χ0n) is 14.2. The van der Waals surface area contributed by atoms with Gasteiger partial charge in [0.1, 0.15) is 5.82 Å². The van der Waals surface area contributed by atoms with E-state index in [-0.39, 0.29) is 0 Å². The number of fused-ring (bicyclic) bond motifs is 3. The summed E-state index contributed by atoms with van der Waals surface area (Å²) in [4.78, 5) is 18.9. The van der Waals surface area contributed by atoms with E-state index < -0.39 is 0 Å². The summed E-state index contributed by atoms with van der Waals surface area (Å²) >= 11 is 0. The molecule has 0 radical (unpaired) electrons. The SMILES string of the molecule is CC[C@@H]1CCCCN1c1nc2c(C=O)c(C)nn2c2ccccc12. The van der Waals surface area contributed by atoms with Gasteiger partial charge in [-0.15, -0.1) is 0 Å². The predicted molar refractivity (Wildman–Crippen MR) is 95.9 cm³/mol. The number of carbonyl (C=O) groups excluding carboxylic acids is 1. The second-order valence-corrected chi connectivity index (χ2v) is 6.56. The Morgan fingerprint density at radius 2 is 2.12 bits per heavy atom. The Kier molecular flexibility index (Phi) is 3.71. The molecule has 0 spiro atoms. The van der Waals surface area contributed by atoms with Crippen molar-refractivity contribution >= 4 is 28.7 Å². The lowest BCUT2D eigenvalue weighted by molar-refractivity contribution is 0.112. The lowest BCUT2D eigenvalue weighted by Gasteiger charge is -2.36. The highest BCUT2D eigenvalue weighted by Crippen LogP contribution is 2.32. The summed E-state index contributed by atoms with van der Waals surface area (Å²) in [6, 6.07) is 8.73. The second-order valence-electron chi connectivity index (χ2n) is 6.56. The smallest absolute Gasteiger partial charge is 0.168 e. The quantitative estimate of drug-likeness (QED) is 0.689. The average Bonchev–Trinajstić information content (AvgIpc) is 2.96. The highest BCUT2D eigenvalue weighted by atomic mass is 16.1. The summed E-state index contributed by atoms with van der Waals surface area (Å²) < 4.78 is 1.81. The molecule has 3 heterocycles. The van der Waals surface area contributed by atoms with Gasteiger partial charge in [0.15, 0.2) is 11.9 Å². The first-order valence-electron chi connectivity index (χ1n) is 8.74. The summed E-state index contributed by atoms with van der Waals surface area (Å²) in [5.74, 6) is 0.993. The van der Waals surface area contributed by atoms with E-state index in [0.717, 1.165) is 41.7 Å². The number of aldehydes is 1. The van der Waals surface area contributed by atoms with Crippen LogP contribution in [0.3, 0.4) is 0 Å². The highest BCUT2D eigenvalue weighted by Gasteiger charge is 2.25. The molecule has 0 aliphatic carbocycles. The maximum Gasteiger partial charge on any atom is 0.168 e. The molecule has 0 unspecified atom stereocenters. The first-order valence-corrected chi connectivity index (χ1v) is 8.74. The highest BCUT2D eigenvalue weighted by molar-refractivity contribution is 5.95. The molecule has 0 N–H and O–H groups in total. The van der Waals surface area contributed by atoms with Crippen LogP contribution < -0.4 is 4.90 Å². The van der Waals surface area contributed by atoms with Crippen LogP contribution in [0, 0.1) is 6.92 Å². The molecule has 1 aromatic carbocycles. The number of aryl methyl sites for hydroxylation is 1. The first-order chi connectivity index (χ1) is 11.7. The number of rotatable bonds is 3. The Bertz CT molecular complexity index is 915. The molecule has 5 nitrogen and oxygen atoms in total. The van der Waals surface area contributed by atoms with E-state index in [1.165, 1.54) is 19.3 Å². The number of carbonyl (C=O) groups is 1. The number of hydrogen-bond acceptors (Lipinski definition) is 4. The van der Waals surface area contributed by atoms with Crippen molar-refractivity contribution in [1.29, 1.82) is 0 Å². The number of hydrogen-bond donors (Lipinski definition) is 0. The van der Waals surface area contributed by atoms with Gasteiger partial charge < -0.3 is 4.90 Å². The lowest BCUT2D eigenvalue weighted by Crippen LogP contribution is -2.39. The van der Waals surface area contributed by atoms with Gasteiger partial charge in [0.25, 0.3) is 0 Å². The van der Waals surface area contributed by atoms with E-state index in [2.05, 4.69) is 29.1 Å². The molecule has 0 amide bonds. The minimum absolute atomic E-state index is 0.515. The van der Waals surface area contributed by atoms with Crippen LogP contribution in [0.5, 0.6) is 0 Å². The normalized spacial score (nSPS) is 18.4. The zero-order chi connectivity index (χ0) is 16.7. The first kappa shape index (κ1) is 15.1. The van der Waals surface area contributed by atoms with E-state index in [4.69, 9.17) is 4.98 Å². The van der Waals surface area contributed by atoms with Gasteiger partial charge in [-0.1, -0.05) is 19.1 Å². The summed E-state index contributed by atoms with van der Waals surface area (Å²) in [6.45, 7) is 5.13. The molecule has 4 rings (SSSR count). The van der Waals surface area contributed by atoms with E-state index in [0.29, 0.717) is 17.3 Å². The zero-order valence-corrected chi connectivity index (χ0v) is 14.2. The van der Waals surface area contributed by atoms with Gasteiger partial charge in [-0.3, -0.25) is 4.79 Å². The number of aromatic nitrogens is 3. The summed E-state index contributed by atoms with van der Waals surface area (Å²) in [5, 5.41) is 5.64. The van der Waals surface area contributed by atoms with Crippen LogP contribution in [0.2, 0.25) is 0 Å². The Morgan fingerprint density at radius 1 is 1.29 bits per heavy atom. The largest absolute Gasteiger partial charge is 0.353 e. The van der Waals surface area contributed by atoms with Crippen molar-refractivity contribution in [2.75, 3.05) is 11.4 Å². The Hall–Kier alpha value is -2.43. The van der Waals surface area contributed by atoms with Crippen molar-refractivity contribution in [2.45, 2.75) is 45.6 Å². The van der Waals surface area contributed by atoms with Crippen LogP contribution >= 0.6 is 0 Å². The maximum absolute atomic E-state index is 11.5. The van der Waals surface area contributed by atoms with Gasteiger partial charge in [0.2, 0.25) is 0 Å². The molecule has 1 aliphatic heterocycles. The van der Waals surface area contributed by atoms with E-state index >= 15 is 0 Å². The van der Waals surface area contributed by atoms with Crippen molar-refractivity contribution in [2.24, 2.45) is 0 Å². The molecular formula is C19H22N4O. The van der Waals surface area contributed by atoms with Crippen molar-refractivity contribution in [1.82, 2.24) is 14.6 Å². The number of para-hydroxylation sites is 1. The fourth-order valence-electron chi connectivity index (χ4n) is 3.87. The molecule has 0 saturated carbocycles. The third-order valence-corrected chi connectivity index (χ3v) is 5.15.